The molecule has 2 aliphatic heterocycles. The Kier molecular flexibility index (Phi) is 4.14. The Morgan fingerprint density at radius 2 is 2.19 bits per heavy atom. The number of aromatic nitrogens is 3. The van der Waals surface area contributed by atoms with E-state index in [1.165, 1.54) is 12.1 Å². The second-order valence-corrected chi connectivity index (χ2v) is 7.01. The molecule has 0 spiro atoms. The van der Waals surface area contributed by atoms with E-state index in [1.807, 2.05) is 0 Å². The van der Waals surface area contributed by atoms with Crippen molar-refractivity contribution in [3.05, 3.63) is 46.0 Å². The maximum atomic E-state index is 14.1. The maximum absolute atomic E-state index is 14.1. The number of likely N-dealkylation sites (tertiary alicyclic amines) is 2. The monoisotopic (exact) mass is 377 g/mol. The number of hydrogen-bond donors (Lipinski definition) is 1. The van der Waals surface area contributed by atoms with E-state index in [0.29, 0.717) is 29.2 Å². The SMILES string of the molecule is Cc1n[nH]nc1C(=O)N1CC[C@H]2[C@@H]1CC(=O)N2Cc1c(F)cccc1Cl. The van der Waals surface area contributed by atoms with Crippen LogP contribution in [0.25, 0.3) is 0 Å². The number of carbonyl (C=O) groups excluding carboxylic acids is 2. The molecule has 2 fully saturated rings. The smallest absolute Gasteiger partial charge is 0.276 e. The molecule has 0 unspecified atom stereocenters. The lowest BCUT2D eigenvalue weighted by Crippen LogP contribution is -2.40. The van der Waals surface area contributed by atoms with Gasteiger partial charge in [0.05, 0.1) is 24.3 Å². The zero-order valence-corrected chi connectivity index (χ0v) is 14.8. The van der Waals surface area contributed by atoms with Gasteiger partial charge < -0.3 is 9.80 Å². The Bertz CT molecular complexity index is 866. The van der Waals surface area contributed by atoms with Crippen LogP contribution in [0.4, 0.5) is 4.39 Å². The summed E-state index contributed by atoms with van der Waals surface area (Å²) in [6.45, 7) is 2.34. The number of benzene rings is 1. The van der Waals surface area contributed by atoms with Gasteiger partial charge in [-0.05, 0) is 25.5 Å². The molecule has 2 saturated heterocycles. The Morgan fingerprint density at radius 3 is 2.88 bits per heavy atom. The third-order valence-corrected chi connectivity index (χ3v) is 5.54. The lowest BCUT2D eigenvalue weighted by molar-refractivity contribution is -0.129. The van der Waals surface area contributed by atoms with Gasteiger partial charge in [-0.3, -0.25) is 9.59 Å². The lowest BCUT2D eigenvalue weighted by atomic mass is 10.1. The predicted molar refractivity (Wildman–Crippen MR) is 90.9 cm³/mol. The summed E-state index contributed by atoms with van der Waals surface area (Å²) in [6, 6.07) is 4.09. The largest absolute Gasteiger partial charge is 0.333 e. The molecular formula is C17H17ClFN5O2. The number of nitrogens with one attached hydrogen (secondary N) is 1. The fourth-order valence-electron chi connectivity index (χ4n) is 3.86. The average Bonchev–Trinajstić information content (AvgIpc) is 3.27. The second kappa shape index (κ2) is 6.35. The van der Waals surface area contributed by atoms with E-state index in [9.17, 15) is 14.0 Å². The van der Waals surface area contributed by atoms with Crippen LogP contribution >= 0.6 is 11.6 Å². The van der Waals surface area contributed by atoms with E-state index in [2.05, 4.69) is 15.4 Å². The molecule has 2 amide bonds. The van der Waals surface area contributed by atoms with Gasteiger partial charge in [0.25, 0.3) is 5.91 Å². The molecule has 4 rings (SSSR count). The lowest BCUT2D eigenvalue weighted by Gasteiger charge is -2.25. The van der Waals surface area contributed by atoms with Crippen molar-refractivity contribution in [2.24, 2.45) is 0 Å². The summed E-state index contributed by atoms with van der Waals surface area (Å²) in [4.78, 5) is 28.6. The highest BCUT2D eigenvalue weighted by Gasteiger charge is 2.49. The molecule has 136 valence electrons. The molecule has 0 saturated carbocycles. The van der Waals surface area contributed by atoms with Crippen LogP contribution in [-0.2, 0) is 11.3 Å². The Morgan fingerprint density at radius 1 is 1.38 bits per heavy atom. The molecule has 0 bridgehead atoms. The number of fused-ring (bicyclic) bond motifs is 1. The zero-order valence-electron chi connectivity index (χ0n) is 14.1. The maximum Gasteiger partial charge on any atom is 0.276 e. The van der Waals surface area contributed by atoms with E-state index >= 15 is 0 Å². The van der Waals surface area contributed by atoms with Gasteiger partial charge in [-0.25, -0.2) is 4.39 Å². The number of aryl methyl sites for hydroxylation is 1. The summed E-state index contributed by atoms with van der Waals surface area (Å²) in [7, 11) is 0. The summed E-state index contributed by atoms with van der Waals surface area (Å²) in [5.74, 6) is -0.770. The van der Waals surface area contributed by atoms with Crippen molar-refractivity contribution < 1.29 is 14.0 Å². The third-order valence-electron chi connectivity index (χ3n) is 5.19. The number of rotatable bonds is 3. The minimum absolute atomic E-state index is 0.103. The molecule has 1 aromatic carbocycles. The highest BCUT2D eigenvalue weighted by atomic mass is 35.5. The van der Waals surface area contributed by atoms with Crippen LogP contribution in [-0.4, -0.2) is 55.7 Å². The second-order valence-electron chi connectivity index (χ2n) is 6.61. The standard InChI is InChI=1S/C17H17ClFN5O2/c1-9-16(21-22-20-9)17(26)23-6-5-13-14(23)7-15(25)24(13)8-10-11(18)3-2-4-12(10)19/h2-4,13-14H,5-8H2,1H3,(H,20,21,22)/t13-,14-/m0/s1. The van der Waals surface area contributed by atoms with Gasteiger partial charge in [0, 0.05) is 23.6 Å². The Hall–Kier alpha value is -2.48. The quantitative estimate of drug-likeness (QED) is 0.886. The van der Waals surface area contributed by atoms with Crippen LogP contribution in [0, 0.1) is 12.7 Å². The average molecular weight is 378 g/mol. The van der Waals surface area contributed by atoms with Crippen LogP contribution in [0.3, 0.4) is 0 Å². The number of aromatic amines is 1. The molecule has 3 heterocycles. The minimum atomic E-state index is -0.432. The molecule has 2 atom stereocenters. The van der Waals surface area contributed by atoms with Crippen molar-refractivity contribution in [2.75, 3.05) is 6.54 Å². The van der Waals surface area contributed by atoms with E-state index in [4.69, 9.17) is 11.6 Å². The van der Waals surface area contributed by atoms with Crippen LogP contribution in [0.2, 0.25) is 5.02 Å². The number of hydrogen-bond acceptors (Lipinski definition) is 4. The van der Waals surface area contributed by atoms with E-state index in [-0.39, 0.29) is 42.6 Å². The molecule has 7 nitrogen and oxygen atoms in total. The number of carbonyl (C=O) groups is 2. The van der Waals surface area contributed by atoms with Crippen LogP contribution in [0.1, 0.15) is 34.6 Å². The molecule has 1 N–H and O–H groups in total. The van der Waals surface area contributed by atoms with Gasteiger partial charge in [0.2, 0.25) is 5.91 Å². The van der Waals surface area contributed by atoms with E-state index < -0.39 is 5.82 Å². The van der Waals surface area contributed by atoms with Crippen LogP contribution < -0.4 is 0 Å². The topological polar surface area (TPSA) is 82.2 Å². The van der Waals surface area contributed by atoms with Crippen molar-refractivity contribution in [3.8, 4) is 0 Å². The summed E-state index contributed by atoms with van der Waals surface area (Å²) in [6.07, 6.45) is 0.866. The minimum Gasteiger partial charge on any atom is -0.333 e. The molecule has 2 aromatic rings. The van der Waals surface area contributed by atoms with Crippen molar-refractivity contribution >= 4 is 23.4 Å². The van der Waals surface area contributed by atoms with Gasteiger partial charge in [0.15, 0.2) is 5.69 Å². The molecular weight excluding hydrogens is 361 g/mol. The van der Waals surface area contributed by atoms with Crippen LogP contribution in [0.5, 0.6) is 0 Å². The fourth-order valence-corrected chi connectivity index (χ4v) is 4.08. The van der Waals surface area contributed by atoms with Crippen molar-refractivity contribution in [1.29, 1.82) is 0 Å². The van der Waals surface area contributed by atoms with Gasteiger partial charge in [-0.1, -0.05) is 17.7 Å². The molecule has 2 aliphatic rings. The van der Waals surface area contributed by atoms with Gasteiger partial charge in [0.1, 0.15) is 5.82 Å². The van der Waals surface area contributed by atoms with E-state index in [0.717, 1.165) is 0 Å². The summed E-state index contributed by atoms with van der Waals surface area (Å²) >= 11 is 6.10. The first-order chi connectivity index (χ1) is 12.5. The van der Waals surface area contributed by atoms with Crippen molar-refractivity contribution in [1.82, 2.24) is 25.2 Å². The first kappa shape index (κ1) is 17.0. The van der Waals surface area contributed by atoms with E-state index in [1.54, 1.807) is 22.8 Å². The highest BCUT2D eigenvalue weighted by Crippen LogP contribution is 2.35. The third kappa shape index (κ3) is 2.65. The fraction of sp³-hybridized carbons (Fsp3) is 0.412. The number of amides is 2. The number of nitrogens with zero attached hydrogens (tertiary/aromatic N) is 4. The zero-order chi connectivity index (χ0) is 18.4. The summed E-state index contributed by atoms with van der Waals surface area (Å²) < 4.78 is 14.1. The first-order valence-corrected chi connectivity index (χ1v) is 8.76. The predicted octanol–water partition coefficient (Wildman–Crippen LogP) is 1.92. The van der Waals surface area contributed by atoms with Crippen molar-refractivity contribution in [3.63, 3.8) is 0 Å². The van der Waals surface area contributed by atoms with Gasteiger partial charge >= 0.3 is 0 Å². The number of H-pyrrole nitrogens is 1. The van der Waals surface area contributed by atoms with Crippen molar-refractivity contribution in [2.45, 2.75) is 38.4 Å². The highest BCUT2D eigenvalue weighted by molar-refractivity contribution is 6.31. The first-order valence-electron chi connectivity index (χ1n) is 8.38. The molecule has 9 heteroatoms. The Balaban J connectivity index is 1.56. The Labute approximate surface area is 154 Å². The van der Waals surface area contributed by atoms with Gasteiger partial charge in [-0.15, -0.1) is 0 Å². The summed E-state index contributed by atoms with van der Waals surface area (Å²) in [5, 5.41) is 10.5. The van der Waals surface area contributed by atoms with Gasteiger partial charge in [-0.2, -0.15) is 15.4 Å². The van der Waals surface area contributed by atoms with Crippen LogP contribution in [0.15, 0.2) is 18.2 Å². The normalized spacial score (nSPS) is 22.2. The molecule has 1 aromatic heterocycles. The molecule has 0 aliphatic carbocycles. The molecule has 26 heavy (non-hydrogen) atoms. The number of halogens is 2. The summed E-state index contributed by atoms with van der Waals surface area (Å²) in [5.41, 5.74) is 1.10. The molecule has 0 radical (unpaired) electrons.